The summed E-state index contributed by atoms with van der Waals surface area (Å²) < 4.78 is 0. The number of rotatable bonds is 5. The van der Waals surface area contributed by atoms with Gasteiger partial charge in [0.2, 0.25) is 0 Å². The zero-order valence-corrected chi connectivity index (χ0v) is 8.01. The molecule has 2 N–H and O–H groups in total. The van der Waals surface area contributed by atoms with E-state index in [1.165, 1.54) is 7.11 Å². The van der Waals surface area contributed by atoms with Gasteiger partial charge in [0.25, 0.3) is 0 Å². The molecule has 0 aliphatic carbocycles. The summed E-state index contributed by atoms with van der Waals surface area (Å²) in [6, 6.07) is 7.00. The lowest BCUT2D eigenvalue weighted by molar-refractivity contribution is -0.271. The number of benzene rings is 1. The lowest BCUT2D eigenvalue weighted by Crippen LogP contribution is -2.29. The fourth-order valence-corrected chi connectivity index (χ4v) is 1.10. The lowest BCUT2D eigenvalue weighted by Gasteiger charge is -2.03. The Morgan fingerprint density at radius 3 is 2.36 bits per heavy atom. The Hall–Kier alpha value is -0.875. The highest BCUT2D eigenvalue weighted by molar-refractivity contribution is 6.58. The van der Waals surface area contributed by atoms with E-state index in [0.717, 1.165) is 12.0 Å². The van der Waals surface area contributed by atoms with Crippen molar-refractivity contribution in [2.75, 3.05) is 13.7 Å². The van der Waals surface area contributed by atoms with Gasteiger partial charge in [0.15, 0.2) is 0 Å². The highest BCUT2D eigenvalue weighted by atomic mass is 17.2. The van der Waals surface area contributed by atoms with Crippen LogP contribution in [0.15, 0.2) is 24.3 Å². The summed E-state index contributed by atoms with van der Waals surface area (Å²) in [6.07, 6.45) is 0.732. The first-order valence-corrected chi connectivity index (χ1v) is 4.34. The maximum Gasteiger partial charge on any atom is 0.488 e. The van der Waals surface area contributed by atoms with Crippen molar-refractivity contribution in [3.05, 3.63) is 29.8 Å². The third-order valence-electron chi connectivity index (χ3n) is 1.87. The Bertz CT molecular complexity index is 260. The van der Waals surface area contributed by atoms with E-state index in [1.807, 2.05) is 12.1 Å². The highest BCUT2D eigenvalue weighted by Gasteiger charge is 2.09. The minimum Gasteiger partial charge on any atom is -0.423 e. The van der Waals surface area contributed by atoms with Crippen molar-refractivity contribution >= 4 is 12.6 Å². The van der Waals surface area contributed by atoms with Gasteiger partial charge in [0.05, 0.1) is 13.7 Å². The Labute approximate surface area is 83.2 Å². The fraction of sp³-hybridized carbons (Fsp3) is 0.333. The van der Waals surface area contributed by atoms with Crippen LogP contribution >= 0.6 is 0 Å². The summed E-state index contributed by atoms with van der Waals surface area (Å²) in [4.78, 5) is 9.16. The second kappa shape index (κ2) is 5.77. The average molecular weight is 196 g/mol. The zero-order valence-electron chi connectivity index (χ0n) is 8.01. The van der Waals surface area contributed by atoms with E-state index in [2.05, 4.69) is 4.89 Å². The Kier molecular flexibility index (Phi) is 4.62. The largest absolute Gasteiger partial charge is 0.488 e. The van der Waals surface area contributed by atoms with Crippen LogP contribution in [0.2, 0.25) is 0 Å². The minimum atomic E-state index is -1.40. The van der Waals surface area contributed by atoms with Crippen LogP contribution in [0, 0.1) is 0 Å². The van der Waals surface area contributed by atoms with E-state index < -0.39 is 7.12 Å². The SMILES string of the molecule is COOCCc1ccc(B(O)O)cc1. The molecule has 1 aromatic carbocycles. The maximum atomic E-state index is 8.84. The second-order valence-electron chi connectivity index (χ2n) is 2.85. The standard InChI is InChI=1S/C9H13BO4/c1-13-14-7-6-8-2-4-9(5-3-8)10(11)12/h2-5,11-12H,6-7H2,1H3. The molecule has 0 amide bonds. The van der Waals surface area contributed by atoms with Crippen molar-refractivity contribution < 1.29 is 19.8 Å². The van der Waals surface area contributed by atoms with Crippen molar-refractivity contribution in [2.24, 2.45) is 0 Å². The molecule has 14 heavy (non-hydrogen) atoms. The summed E-state index contributed by atoms with van der Waals surface area (Å²) in [5.74, 6) is 0. The van der Waals surface area contributed by atoms with Crippen molar-refractivity contribution in [3.63, 3.8) is 0 Å². The molecule has 0 aliphatic rings. The first-order chi connectivity index (χ1) is 6.74. The lowest BCUT2D eigenvalue weighted by atomic mass is 9.80. The van der Waals surface area contributed by atoms with Crippen molar-refractivity contribution in [2.45, 2.75) is 6.42 Å². The van der Waals surface area contributed by atoms with Crippen LogP contribution in [-0.2, 0) is 16.2 Å². The summed E-state index contributed by atoms with van der Waals surface area (Å²) >= 11 is 0. The molecule has 0 aromatic heterocycles. The van der Waals surface area contributed by atoms with Crippen LogP contribution in [0.5, 0.6) is 0 Å². The van der Waals surface area contributed by atoms with E-state index in [4.69, 9.17) is 14.9 Å². The van der Waals surface area contributed by atoms with Gasteiger partial charge >= 0.3 is 7.12 Å². The first-order valence-electron chi connectivity index (χ1n) is 4.34. The average Bonchev–Trinajstić information content (AvgIpc) is 2.19. The van der Waals surface area contributed by atoms with Gasteiger partial charge in [-0.25, -0.2) is 9.78 Å². The van der Waals surface area contributed by atoms with Crippen molar-refractivity contribution in [1.29, 1.82) is 0 Å². The van der Waals surface area contributed by atoms with Crippen molar-refractivity contribution in [3.8, 4) is 0 Å². The summed E-state index contributed by atoms with van der Waals surface area (Å²) in [7, 11) is 0.0601. The van der Waals surface area contributed by atoms with Crippen LogP contribution in [-0.4, -0.2) is 30.9 Å². The van der Waals surface area contributed by atoms with Gasteiger partial charge in [-0.05, 0) is 17.4 Å². The van der Waals surface area contributed by atoms with Crippen LogP contribution < -0.4 is 5.46 Å². The maximum absolute atomic E-state index is 8.84. The third kappa shape index (κ3) is 3.47. The Balaban J connectivity index is 2.47. The number of hydrogen-bond acceptors (Lipinski definition) is 4. The van der Waals surface area contributed by atoms with E-state index >= 15 is 0 Å². The molecule has 0 bridgehead atoms. The molecule has 76 valence electrons. The molecule has 0 atom stereocenters. The van der Waals surface area contributed by atoms with E-state index in [-0.39, 0.29) is 0 Å². The van der Waals surface area contributed by atoms with Crippen LogP contribution in [0.4, 0.5) is 0 Å². The van der Waals surface area contributed by atoms with Gasteiger partial charge < -0.3 is 10.0 Å². The van der Waals surface area contributed by atoms with Crippen LogP contribution in [0.3, 0.4) is 0 Å². The molecule has 0 spiro atoms. The molecule has 0 saturated heterocycles. The van der Waals surface area contributed by atoms with Gasteiger partial charge in [-0.1, -0.05) is 24.3 Å². The molecule has 0 heterocycles. The molecule has 0 fully saturated rings. The zero-order chi connectivity index (χ0) is 10.4. The second-order valence-corrected chi connectivity index (χ2v) is 2.85. The molecular weight excluding hydrogens is 183 g/mol. The normalized spacial score (nSPS) is 10.2. The highest BCUT2D eigenvalue weighted by Crippen LogP contribution is 1.98. The monoisotopic (exact) mass is 196 g/mol. The Morgan fingerprint density at radius 2 is 1.86 bits per heavy atom. The van der Waals surface area contributed by atoms with Gasteiger partial charge in [-0.15, -0.1) is 0 Å². The van der Waals surface area contributed by atoms with Gasteiger partial charge in [-0.3, -0.25) is 0 Å². The smallest absolute Gasteiger partial charge is 0.423 e. The van der Waals surface area contributed by atoms with Gasteiger partial charge in [0.1, 0.15) is 0 Å². The van der Waals surface area contributed by atoms with Gasteiger partial charge in [-0.2, -0.15) is 0 Å². The molecule has 5 heteroatoms. The molecule has 1 aromatic rings. The predicted octanol–water partition coefficient (Wildman–Crippen LogP) is -0.513. The topological polar surface area (TPSA) is 58.9 Å². The molecule has 1 rings (SSSR count). The summed E-state index contributed by atoms with van der Waals surface area (Å²) in [6.45, 7) is 0.484. The van der Waals surface area contributed by atoms with Gasteiger partial charge in [0, 0.05) is 0 Å². The van der Waals surface area contributed by atoms with E-state index in [0.29, 0.717) is 12.1 Å². The predicted molar refractivity (Wildman–Crippen MR) is 52.9 cm³/mol. The fourth-order valence-electron chi connectivity index (χ4n) is 1.10. The van der Waals surface area contributed by atoms with E-state index in [1.54, 1.807) is 12.1 Å². The van der Waals surface area contributed by atoms with Crippen LogP contribution in [0.1, 0.15) is 5.56 Å². The third-order valence-corrected chi connectivity index (χ3v) is 1.87. The molecular formula is C9H13BO4. The number of hydrogen-bond donors (Lipinski definition) is 2. The quantitative estimate of drug-likeness (QED) is 0.288. The Morgan fingerprint density at radius 1 is 1.21 bits per heavy atom. The van der Waals surface area contributed by atoms with Crippen molar-refractivity contribution in [1.82, 2.24) is 0 Å². The summed E-state index contributed by atoms with van der Waals surface area (Å²) in [5, 5.41) is 17.7. The minimum absolute atomic E-state index is 0.484. The van der Waals surface area contributed by atoms with E-state index in [9.17, 15) is 0 Å². The van der Waals surface area contributed by atoms with Crippen LogP contribution in [0.25, 0.3) is 0 Å². The molecule has 0 aliphatic heterocycles. The molecule has 0 radical (unpaired) electrons. The summed E-state index contributed by atoms with van der Waals surface area (Å²) in [5.41, 5.74) is 1.55. The first kappa shape index (κ1) is 11.2. The molecule has 4 nitrogen and oxygen atoms in total. The molecule has 0 unspecified atom stereocenters. The molecule has 0 saturated carbocycles.